The molecule has 3 rings (SSSR count). The number of anilines is 2. The Kier molecular flexibility index (Phi) is 3.92. The van der Waals surface area contributed by atoms with E-state index in [9.17, 15) is 9.59 Å². The molecule has 1 unspecified atom stereocenters. The van der Waals surface area contributed by atoms with Gasteiger partial charge >= 0.3 is 5.97 Å². The van der Waals surface area contributed by atoms with Crippen LogP contribution in [-0.2, 0) is 20.7 Å². The molecule has 4 nitrogen and oxygen atoms in total. The zero-order valence-electron chi connectivity index (χ0n) is 12.4. The minimum absolute atomic E-state index is 0.233. The summed E-state index contributed by atoms with van der Waals surface area (Å²) in [5.74, 6) is -1.47. The molecule has 2 aromatic carbocycles. The van der Waals surface area contributed by atoms with Gasteiger partial charge in [0, 0.05) is 5.69 Å². The molecule has 1 amide bonds. The Bertz CT molecular complexity index is 696. The van der Waals surface area contributed by atoms with Crippen LogP contribution in [0.3, 0.4) is 0 Å². The molecule has 0 saturated heterocycles. The van der Waals surface area contributed by atoms with E-state index >= 15 is 0 Å². The molecule has 1 heterocycles. The third kappa shape index (κ3) is 2.48. The molecule has 0 radical (unpaired) electrons. The third-order valence-corrected chi connectivity index (χ3v) is 3.76. The van der Waals surface area contributed by atoms with Gasteiger partial charge in [0.05, 0.1) is 12.3 Å². The molecule has 1 atom stereocenters. The van der Waals surface area contributed by atoms with Crippen molar-refractivity contribution >= 4 is 23.3 Å². The number of fused-ring (bicyclic) bond motifs is 1. The lowest BCUT2D eigenvalue weighted by atomic mass is 9.91. The first-order chi connectivity index (χ1) is 10.7. The first kappa shape index (κ1) is 14.3. The molecule has 0 bridgehead atoms. The van der Waals surface area contributed by atoms with Crippen molar-refractivity contribution in [3.05, 3.63) is 60.2 Å². The van der Waals surface area contributed by atoms with Crippen molar-refractivity contribution in [1.29, 1.82) is 0 Å². The first-order valence-corrected chi connectivity index (χ1v) is 7.36. The molecule has 0 N–H and O–H groups in total. The van der Waals surface area contributed by atoms with Gasteiger partial charge in [-0.1, -0.05) is 36.4 Å². The standard InChI is InChI=1S/C18H17NO3/c1-2-22-18(21)15-12-13-8-6-7-11-16(13)19(17(15)20)14-9-4-3-5-10-14/h3-11,15H,2,12H2,1H3. The Morgan fingerprint density at radius 1 is 1.14 bits per heavy atom. The minimum Gasteiger partial charge on any atom is -0.465 e. The largest absolute Gasteiger partial charge is 0.465 e. The molecule has 22 heavy (non-hydrogen) atoms. The van der Waals surface area contributed by atoms with Crippen LogP contribution in [0, 0.1) is 5.92 Å². The van der Waals surface area contributed by atoms with Gasteiger partial charge in [0.25, 0.3) is 0 Å². The van der Waals surface area contributed by atoms with Crippen molar-refractivity contribution in [3.63, 3.8) is 0 Å². The van der Waals surface area contributed by atoms with E-state index in [0.717, 1.165) is 16.9 Å². The maximum Gasteiger partial charge on any atom is 0.318 e. The van der Waals surface area contributed by atoms with Gasteiger partial charge in [-0.25, -0.2) is 0 Å². The molecular formula is C18H17NO3. The molecule has 1 aliphatic rings. The van der Waals surface area contributed by atoms with E-state index in [-0.39, 0.29) is 12.5 Å². The number of nitrogens with zero attached hydrogens (tertiary/aromatic N) is 1. The van der Waals surface area contributed by atoms with Crippen LogP contribution in [0.1, 0.15) is 12.5 Å². The van der Waals surface area contributed by atoms with Gasteiger partial charge in [0.15, 0.2) is 0 Å². The number of rotatable bonds is 3. The number of hydrogen-bond donors (Lipinski definition) is 0. The molecule has 2 aromatic rings. The summed E-state index contributed by atoms with van der Waals surface area (Å²) in [6, 6.07) is 17.0. The first-order valence-electron chi connectivity index (χ1n) is 7.36. The quantitative estimate of drug-likeness (QED) is 0.646. The Morgan fingerprint density at radius 3 is 2.55 bits per heavy atom. The van der Waals surface area contributed by atoms with E-state index in [1.165, 1.54) is 0 Å². The molecule has 0 aliphatic carbocycles. The topological polar surface area (TPSA) is 46.6 Å². The highest BCUT2D eigenvalue weighted by Crippen LogP contribution is 2.36. The van der Waals surface area contributed by atoms with Gasteiger partial charge in [-0.2, -0.15) is 0 Å². The van der Waals surface area contributed by atoms with Crippen LogP contribution in [-0.4, -0.2) is 18.5 Å². The molecule has 0 saturated carbocycles. The van der Waals surface area contributed by atoms with Crippen LogP contribution in [0.5, 0.6) is 0 Å². The van der Waals surface area contributed by atoms with E-state index in [1.807, 2.05) is 54.6 Å². The second-order valence-corrected chi connectivity index (χ2v) is 5.15. The Labute approximate surface area is 129 Å². The molecule has 0 aromatic heterocycles. The lowest BCUT2D eigenvalue weighted by Crippen LogP contribution is -2.42. The number of ether oxygens (including phenoxy) is 1. The van der Waals surface area contributed by atoms with E-state index in [1.54, 1.807) is 11.8 Å². The molecule has 112 valence electrons. The number of para-hydroxylation sites is 2. The number of carbonyl (C=O) groups is 2. The molecule has 0 fully saturated rings. The average molecular weight is 295 g/mol. The molecule has 0 spiro atoms. The van der Waals surface area contributed by atoms with Gasteiger partial charge in [-0.15, -0.1) is 0 Å². The summed E-state index contributed by atoms with van der Waals surface area (Å²) in [6.45, 7) is 2.02. The van der Waals surface area contributed by atoms with E-state index in [4.69, 9.17) is 4.74 Å². The van der Waals surface area contributed by atoms with Crippen molar-refractivity contribution in [1.82, 2.24) is 0 Å². The fourth-order valence-electron chi connectivity index (χ4n) is 2.75. The van der Waals surface area contributed by atoms with Gasteiger partial charge in [-0.3, -0.25) is 14.5 Å². The summed E-state index contributed by atoms with van der Waals surface area (Å²) in [5.41, 5.74) is 2.57. The Morgan fingerprint density at radius 2 is 1.82 bits per heavy atom. The van der Waals surface area contributed by atoms with Crippen molar-refractivity contribution in [2.75, 3.05) is 11.5 Å². The lowest BCUT2D eigenvalue weighted by molar-refractivity contribution is -0.151. The van der Waals surface area contributed by atoms with Crippen LogP contribution >= 0.6 is 0 Å². The van der Waals surface area contributed by atoms with Crippen LogP contribution in [0.15, 0.2) is 54.6 Å². The Balaban J connectivity index is 2.07. The zero-order valence-corrected chi connectivity index (χ0v) is 12.4. The zero-order chi connectivity index (χ0) is 15.5. The fraction of sp³-hybridized carbons (Fsp3) is 0.222. The maximum atomic E-state index is 12.8. The van der Waals surface area contributed by atoms with Crippen molar-refractivity contribution in [2.45, 2.75) is 13.3 Å². The highest BCUT2D eigenvalue weighted by atomic mass is 16.5. The van der Waals surface area contributed by atoms with Crippen molar-refractivity contribution in [3.8, 4) is 0 Å². The molecular weight excluding hydrogens is 278 g/mol. The smallest absolute Gasteiger partial charge is 0.318 e. The van der Waals surface area contributed by atoms with Gasteiger partial charge in [0.1, 0.15) is 5.92 Å². The summed E-state index contributed by atoms with van der Waals surface area (Å²) >= 11 is 0. The van der Waals surface area contributed by atoms with Crippen molar-refractivity contribution in [2.24, 2.45) is 5.92 Å². The van der Waals surface area contributed by atoms with E-state index in [2.05, 4.69) is 0 Å². The minimum atomic E-state index is -0.782. The maximum absolute atomic E-state index is 12.8. The van der Waals surface area contributed by atoms with Crippen LogP contribution in [0.4, 0.5) is 11.4 Å². The normalized spacial score (nSPS) is 17.0. The average Bonchev–Trinajstić information content (AvgIpc) is 2.55. The van der Waals surface area contributed by atoms with Crippen LogP contribution in [0.25, 0.3) is 0 Å². The lowest BCUT2D eigenvalue weighted by Gasteiger charge is -2.33. The van der Waals surface area contributed by atoms with Gasteiger partial charge in [0.2, 0.25) is 5.91 Å². The van der Waals surface area contributed by atoms with Gasteiger partial charge in [-0.05, 0) is 37.1 Å². The molecule has 4 heteroatoms. The van der Waals surface area contributed by atoms with E-state index < -0.39 is 11.9 Å². The predicted molar refractivity (Wildman–Crippen MR) is 83.9 cm³/mol. The number of benzene rings is 2. The number of amides is 1. The number of carbonyl (C=O) groups excluding carboxylic acids is 2. The summed E-state index contributed by atoms with van der Waals surface area (Å²) in [5, 5.41) is 0. The monoisotopic (exact) mass is 295 g/mol. The fourth-order valence-corrected chi connectivity index (χ4v) is 2.75. The predicted octanol–water partition coefficient (Wildman–Crippen LogP) is 3.09. The SMILES string of the molecule is CCOC(=O)C1Cc2ccccc2N(c2ccccc2)C1=O. The summed E-state index contributed by atoms with van der Waals surface area (Å²) in [4.78, 5) is 26.6. The number of hydrogen-bond acceptors (Lipinski definition) is 3. The van der Waals surface area contributed by atoms with Crippen molar-refractivity contribution < 1.29 is 14.3 Å². The van der Waals surface area contributed by atoms with Gasteiger partial charge < -0.3 is 4.74 Å². The number of esters is 1. The highest BCUT2D eigenvalue weighted by molar-refractivity contribution is 6.12. The van der Waals surface area contributed by atoms with E-state index in [0.29, 0.717) is 6.42 Å². The summed E-state index contributed by atoms with van der Waals surface area (Å²) < 4.78 is 5.06. The highest BCUT2D eigenvalue weighted by Gasteiger charge is 2.38. The summed E-state index contributed by atoms with van der Waals surface area (Å²) in [6.07, 6.45) is 0.386. The summed E-state index contributed by atoms with van der Waals surface area (Å²) in [7, 11) is 0. The third-order valence-electron chi connectivity index (χ3n) is 3.76. The molecule has 1 aliphatic heterocycles. The second kappa shape index (κ2) is 6.02. The van der Waals surface area contributed by atoms with Crippen LogP contribution < -0.4 is 4.90 Å². The Hall–Kier alpha value is -2.62. The second-order valence-electron chi connectivity index (χ2n) is 5.15. The van der Waals surface area contributed by atoms with Crippen LogP contribution in [0.2, 0.25) is 0 Å².